The fourth-order valence-corrected chi connectivity index (χ4v) is 3.64. The molecule has 3 heteroatoms. The number of halogens is 1. The molecule has 1 aromatic rings. The number of hydrogen-bond donors (Lipinski definition) is 1. The molecule has 21 heavy (non-hydrogen) atoms. The average molecular weight is 292 g/mol. The zero-order valence-corrected chi connectivity index (χ0v) is 13.4. The third-order valence-electron chi connectivity index (χ3n) is 4.86. The van der Waals surface area contributed by atoms with E-state index in [9.17, 15) is 4.39 Å². The van der Waals surface area contributed by atoms with Crippen molar-refractivity contribution in [3.8, 4) is 0 Å². The Labute approximate surface area is 128 Å². The van der Waals surface area contributed by atoms with Gasteiger partial charge in [-0.15, -0.1) is 0 Å². The van der Waals surface area contributed by atoms with Gasteiger partial charge in [-0.2, -0.15) is 0 Å². The number of nitrogens with zero attached hydrogens (tertiary/aromatic N) is 1. The highest BCUT2D eigenvalue weighted by molar-refractivity contribution is 5.46. The van der Waals surface area contributed by atoms with E-state index in [1.807, 2.05) is 6.07 Å². The Bertz CT molecular complexity index is 435. The quantitative estimate of drug-likeness (QED) is 0.851. The average Bonchev–Trinajstić information content (AvgIpc) is 2.48. The second-order valence-electron chi connectivity index (χ2n) is 6.41. The van der Waals surface area contributed by atoms with Crippen molar-refractivity contribution in [1.82, 2.24) is 0 Å². The first-order valence-electron chi connectivity index (χ1n) is 8.40. The maximum Gasteiger partial charge on any atom is 0.125 e. The Kier molecular flexibility index (Phi) is 6.04. The maximum atomic E-state index is 13.4. The molecule has 3 atom stereocenters. The number of rotatable bonds is 6. The van der Waals surface area contributed by atoms with E-state index >= 15 is 0 Å². The molecule has 0 amide bonds. The Hall–Kier alpha value is -1.09. The Morgan fingerprint density at radius 2 is 2.10 bits per heavy atom. The van der Waals surface area contributed by atoms with Gasteiger partial charge < -0.3 is 10.6 Å². The summed E-state index contributed by atoms with van der Waals surface area (Å²) in [5.74, 6) is 1.19. The van der Waals surface area contributed by atoms with Gasteiger partial charge in [0.05, 0.1) is 0 Å². The molecule has 2 nitrogen and oxygen atoms in total. The lowest BCUT2D eigenvalue weighted by molar-refractivity contribution is 0.225. The van der Waals surface area contributed by atoms with E-state index in [4.69, 9.17) is 5.73 Å². The predicted molar refractivity (Wildman–Crippen MR) is 88.0 cm³/mol. The predicted octanol–water partition coefficient (Wildman–Crippen LogP) is 4.20. The molecular weight excluding hydrogens is 263 g/mol. The maximum absolute atomic E-state index is 13.4. The normalized spacial score (nSPS) is 25.8. The van der Waals surface area contributed by atoms with Gasteiger partial charge in [0.25, 0.3) is 0 Å². The van der Waals surface area contributed by atoms with Crippen LogP contribution in [0.3, 0.4) is 0 Å². The molecule has 0 bridgehead atoms. The number of benzene rings is 1. The minimum absolute atomic E-state index is 0.164. The lowest BCUT2D eigenvalue weighted by Crippen LogP contribution is -2.43. The summed E-state index contributed by atoms with van der Waals surface area (Å²) in [6, 6.07) is 7.20. The van der Waals surface area contributed by atoms with Gasteiger partial charge >= 0.3 is 0 Å². The second-order valence-corrected chi connectivity index (χ2v) is 6.41. The van der Waals surface area contributed by atoms with E-state index in [1.165, 1.54) is 31.7 Å². The van der Waals surface area contributed by atoms with Crippen LogP contribution in [0.15, 0.2) is 24.3 Å². The summed E-state index contributed by atoms with van der Waals surface area (Å²) in [7, 11) is 0. The van der Waals surface area contributed by atoms with Gasteiger partial charge in [-0.1, -0.05) is 25.8 Å². The first-order chi connectivity index (χ1) is 10.1. The Balaban J connectivity index is 2.02. The monoisotopic (exact) mass is 292 g/mol. The lowest BCUT2D eigenvalue weighted by Gasteiger charge is -2.38. The van der Waals surface area contributed by atoms with Crippen molar-refractivity contribution in [2.45, 2.75) is 52.0 Å². The van der Waals surface area contributed by atoms with E-state index < -0.39 is 0 Å². The van der Waals surface area contributed by atoms with Crippen LogP contribution in [0.2, 0.25) is 0 Å². The molecule has 1 aliphatic carbocycles. The van der Waals surface area contributed by atoms with Crippen LogP contribution >= 0.6 is 0 Å². The molecule has 118 valence electrons. The van der Waals surface area contributed by atoms with E-state index in [-0.39, 0.29) is 5.82 Å². The first-order valence-corrected chi connectivity index (χ1v) is 8.40. The van der Waals surface area contributed by atoms with Crippen molar-refractivity contribution in [2.24, 2.45) is 17.6 Å². The summed E-state index contributed by atoms with van der Waals surface area (Å²) in [5.41, 5.74) is 7.32. The molecule has 0 saturated heterocycles. The zero-order valence-electron chi connectivity index (χ0n) is 13.4. The SMILES string of the molecule is CCCC1CCC(N)C(CN(CC)c2cccc(F)c2)C1. The topological polar surface area (TPSA) is 29.3 Å². The molecule has 3 unspecified atom stereocenters. The third-order valence-corrected chi connectivity index (χ3v) is 4.86. The molecule has 0 aliphatic heterocycles. The molecule has 2 rings (SSSR count). The van der Waals surface area contributed by atoms with Crippen molar-refractivity contribution in [3.63, 3.8) is 0 Å². The highest BCUT2D eigenvalue weighted by Gasteiger charge is 2.29. The Morgan fingerprint density at radius 1 is 1.29 bits per heavy atom. The first kappa shape index (κ1) is 16.3. The fourth-order valence-electron chi connectivity index (χ4n) is 3.64. The van der Waals surface area contributed by atoms with Crippen LogP contribution in [-0.4, -0.2) is 19.1 Å². The molecule has 1 aromatic carbocycles. The fraction of sp³-hybridized carbons (Fsp3) is 0.667. The Morgan fingerprint density at radius 3 is 2.76 bits per heavy atom. The molecule has 0 heterocycles. The van der Waals surface area contributed by atoms with Gasteiger partial charge in [0.2, 0.25) is 0 Å². The van der Waals surface area contributed by atoms with Crippen molar-refractivity contribution in [2.75, 3.05) is 18.0 Å². The molecule has 1 fully saturated rings. The highest BCUT2D eigenvalue weighted by Crippen LogP contribution is 2.32. The van der Waals surface area contributed by atoms with Crippen LogP contribution in [0.4, 0.5) is 10.1 Å². The van der Waals surface area contributed by atoms with Crippen molar-refractivity contribution in [3.05, 3.63) is 30.1 Å². The highest BCUT2D eigenvalue weighted by atomic mass is 19.1. The number of nitrogens with two attached hydrogens (primary N) is 1. The van der Waals surface area contributed by atoms with Gasteiger partial charge in [-0.3, -0.25) is 0 Å². The van der Waals surface area contributed by atoms with Crippen LogP contribution in [0.25, 0.3) is 0 Å². The standard InChI is InChI=1S/C18H29FN2/c1-3-6-14-9-10-18(20)15(11-14)13-21(4-2)17-8-5-7-16(19)12-17/h5,7-8,12,14-15,18H,3-4,6,9-11,13,20H2,1-2H3. The summed E-state index contributed by atoms with van der Waals surface area (Å²) >= 11 is 0. The second kappa shape index (κ2) is 7.79. The summed E-state index contributed by atoms with van der Waals surface area (Å²) in [6.45, 7) is 6.23. The van der Waals surface area contributed by atoms with Crippen LogP contribution in [0.1, 0.15) is 46.0 Å². The van der Waals surface area contributed by atoms with Crippen LogP contribution in [0, 0.1) is 17.7 Å². The molecule has 0 aromatic heterocycles. The van der Waals surface area contributed by atoms with E-state index in [0.29, 0.717) is 12.0 Å². The third kappa shape index (κ3) is 4.44. The van der Waals surface area contributed by atoms with E-state index in [0.717, 1.165) is 31.1 Å². The van der Waals surface area contributed by atoms with Crippen molar-refractivity contribution < 1.29 is 4.39 Å². The van der Waals surface area contributed by atoms with Crippen LogP contribution in [0.5, 0.6) is 0 Å². The summed E-state index contributed by atoms with van der Waals surface area (Å²) in [6.07, 6.45) is 6.21. The van der Waals surface area contributed by atoms with Gasteiger partial charge in [-0.05, 0) is 56.2 Å². The molecule has 0 radical (unpaired) electrons. The van der Waals surface area contributed by atoms with Gasteiger partial charge in [0.1, 0.15) is 5.82 Å². The van der Waals surface area contributed by atoms with Crippen molar-refractivity contribution >= 4 is 5.69 Å². The minimum atomic E-state index is -0.164. The molecule has 0 spiro atoms. The zero-order chi connectivity index (χ0) is 15.2. The van der Waals surface area contributed by atoms with E-state index in [2.05, 4.69) is 18.7 Å². The summed E-state index contributed by atoms with van der Waals surface area (Å²) < 4.78 is 13.4. The number of hydrogen-bond acceptors (Lipinski definition) is 2. The summed E-state index contributed by atoms with van der Waals surface area (Å²) in [5, 5.41) is 0. The minimum Gasteiger partial charge on any atom is -0.371 e. The molecule has 2 N–H and O–H groups in total. The van der Waals surface area contributed by atoms with Gasteiger partial charge in [-0.25, -0.2) is 4.39 Å². The molecular formula is C18H29FN2. The number of anilines is 1. The molecule has 1 aliphatic rings. The largest absolute Gasteiger partial charge is 0.371 e. The van der Waals surface area contributed by atoms with Crippen molar-refractivity contribution in [1.29, 1.82) is 0 Å². The molecule has 1 saturated carbocycles. The van der Waals surface area contributed by atoms with Crippen LogP contribution in [-0.2, 0) is 0 Å². The lowest BCUT2D eigenvalue weighted by atomic mass is 9.76. The van der Waals surface area contributed by atoms with Gasteiger partial charge in [0, 0.05) is 24.8 Å². The van der Waals surface area contributed by atoms with E-state index in [1.54, 1.807) is 12.1 Å². The van der Waals surface area contributed by atoms with Crippen LogP contribution < -0.4 is 10.6 Å². The van der Waals surface area contributed by atoms with Gasteiger partial charge in [0.15, 0.2) is 0 Å². The smallest absolute Gasteiger partial charge is 0.125 e. The summed E-state index contributed by atoms with van der Waals surface area (Å²) in [4.78, 5) is 2.27.